The molecular weight excluding hydrogens is 340 g/mol. The van der Waals surface area contributed by atoms with E-state index in [-0.39, 0.29) is 17.9 Å². The molecule has 1 saturated heterocycles. The summed E-state index contributed by atoms with van der Waals surface area (Å²) in [6.07, 6.45) is 1.56. The third-order valence-corrected chi connectivity index (χ3v) is 4.63. The van der Waals surface area contributed by atoms with Gasteiger partial charge >= 0.3 is 6.03 Å². The second-order valence-electron chi connectivity index (χ2n) is 6.61. The van der Waals surface area contributed by atoms with E-state index in [1.54, 1.807) is 23.1 Å². The van der Waals surface area contributed by atoms with E-state index in [0.717, 1.165) is 24.1 Å². The molecule has 3 amide bonds. The first-order valence-corrected chi connectivity index (χ1v) is 9.03. The van der Waals surface area contributed by atoms with Gasteiger partial charge in [-0.25, -0.2) is 4.79 Å². The summed E-state index contributed by atoms with van der Waals surface area (Å²) in [5, 5.41) is 14.7. The molecule has 0 saturated carbocycles. The molecule has 2 aromatic rings. The largest absolute Gasteiger partial charge is 0.352 e. The minimum atomic E-state index is -0.223. The summed E-state index contributed by atoms with van der Waals surface area (Å²) in [5.41, 5.74) is 2.20. The van der Waals surface area contributed by atoms with Crippen LogP contribution in [0.1, 0.15) is 24.0 Å². The first-order valence-electron chi connectivity index (χ1n) is 9.03. The van der Waals surface area contributed by atoms with E-state index in [9.17, 15) is 9.59 Å². The Bertz CT molecular complexity index is 845. The van der Waals surface area contributed by atoms with Crippen LogP contribution in [0.3, 0.4) is 0 Å². The highest BCUT2D eigenvalue weighted by Gasteiger charge is 2.28. The van der Waals surface area contributed by atoms with E-state index in [2.05, 4.69) is 16.7 Å². The number of amides is 3. The van der Waals surface area contributed by atoms with E-state index < -0.39 is 0 Å². The van der Waals surface area contributed by atoms with Gasteiger partial charge in [0.15, 0.2) is 0 Å². The Morgan fingerprint density at radius 3 is 2.74 bits per heavy atom. The Morgan fingerprint density at radius 1 is 1.15 bits per heavy atom. The number of anilines is 1. The van der Waals surface area contributed by atoms with Crippen molar-refractivity contribution in [3.63, 3.8) is 0 Å². The summed E-state index contributed by atoms with van der Waals surface area (Å²) < 4.78 is 0. The maximum absolute atomic E-state index is 12.5. The number of nitrogens with one attached hydrogen (secondary N) is 2. The Hall–Kier alpha value is -3.33. The van der Waals surface area contributed by atoms with Crippen LogP contribution >= 0.6 is 0 Å². The Kier molecular flexibility index (Phi) is 6.06. The maximum Gasteiger partial charge on any atom is 0.321 e. The Labute approximate surface area is 158 Å². The zero-order valence-corrected chi connectivity index (χ0v) is 15.0. The lowest BCUT2D eigenvalue weighted by Gasteiger charge is -2.32. The summed E-state index contributed by atoms with van der Waals surface area (Å²) in [5.74, 6) is -0.283. The second-order valence-corrected chi connectivity index (χ2v) is 6.61. The number of likely N-dealkylation sites (tertiary alicyclic amines) is 1. The van der Waals surface area contributed by atoms with E-state index in [4.69, 9.17) is 5.26 Å². The number of hydrogen-bond donors (Lipinski definition) is 2. The third-order valence-electron chi connectivity index (χ3n) is 4.63. The molecule has 0 bridgehead atoms. The zero-order valence-electron chi connectivity index (χ0n) is 15.0. The molecule has 2 aromatic carbocycles. The van der Waals surface area contributed by atoms with Gasteiger partial charge in [0.05, 0.1) is 17.6 Å². The predicted octanol–water partition coefficient (Wildman–Crippen LogP) is 3.12. The van der Waals surface area contributed by atoms with E-state index in [1.807, 2.05) is 36.4 Å². The topological polar surface area (TPSA) is 85.2 Å². The van der Waals surface area contributed by atoms with Crippen molar-refractivity contribution in [3.8, 4) is 6.07 Å². The van der Waals surface area contributed by atoms with Crippen LogP contribution in [0.15, 0.2) is 54.6 Å². The summed E-state index contributed by atoms with van der Waals surface area (Å²) in [6.45, 7) is 1.43. The molecule has 3 rings (SSSR count). The fraction of sp³-hybridized carbons (Fsp3) is 0.286. The monoisotopic (exact) mass is 362 g/mol. The summed E-state index contributed by atoms with van der Waals surface area (Å²) in [7, 11) is 0. The van der Waals surface area contributed by atoms with Crippen LogP contribution in [0, 0.1) is 17.2 Å². The molecule has 1 fully saturated rings. The van der Waals surface area contributed by atoms with Gasteiger partial charge in [-0.15, -0.1) is 0 Å². The van der Waals surface area contributed by atoms with E-state index in [0.29, 0.717) is 25.2 Å². The van der Waals surface area contributed by atoms with Gasteiger partial charge < -0.3 is 15.5 Å². The maximum atomic E-state index is 12.5. The number of nitrogens with zero attached hydrogens (tertiary/aromatic N) is 2. The lowest BCUT2D eigenvalue weighted by Crippen LogP contribution is -2.46. The van der Waals surface area contributed by atoms with Crippen molar-refractivity contribution < 1.29 is 9.59 Å². The van der Waals surface area contributed by atoms with Crippen molar-refractivity contribution in [2.24, 2.45) is 5.92 Å². The molecule has 0 spiro atoms. The number of piperidine rings is 1. The number of carbonyl (C=O) groups is 2. The molecule has 1 atom stereocenters. The smallest absolute Gasteiger partial charge is 0.321 e. The van der Waals surface area contributed by atoms with Crippen LogP contribution in [-0.4, -0.2) is 29.9 Å². The average Bonchev–Trinajstić information content (AvgIpc) is 2.73. The third kappa shape index (κ3) is 5.08. The van der Waals surface area contributed by atoms with Crippen molar-refractivity contribution in [2.75, 3.05) is 18.4 Å². The molecule has 1 aliphatic heterocycles. The van der Waals surface area contributed by atoms with Gasteiger partial charge in [0, 0.05) is 25.3 Å². The van der Waals surface area contributed by atoms with Crippen LogP contribution in [0.4, 0.5) is 10.5 Å². The standard InChI is InChI=1S/C21H22N4O2/c22-13-16-6-4-7-17(12-16)14-23-20(26)18-8-5-11-25(15-18)21(27)24-19-9-2-1-3-10-19/h1-4,6-7,9-10,12,18H,5,8,11,14-15H2,(H,23,26)(H,24,27). The predicted molar refractivity (Wildman–Crippen MR) is 103 cm³/mol. The molecule has 6 heteroatoms. The van der Waals surface area contributed by atoms with Crippen molar-refractivity contribution in [2.45, 2.75) is 19.4 Å². The number of rotatable bonds is 4. The molecular formula is C21H22N4O2. The molecule has 0 aliphatic carbocycles. The van der Waals surface area contributed by atoms with Gasteiger partial charge in [-0.2, -0.15) is 5.26 Å². The highest BCUT2D eigenvalue weighted by atomic mass is 16.2. The summed E-state index contributed by atoms with van der Waals surface area (Å²) in [4.78, 5) is 26.6. The summed E-state index contributed by atoms with van der Waals surface area (Å²) >= 11 is 0. The van der Waals surface area contributed by atoms with Crippen LogP contribution in [0.25, 0.3) is 0 Å². The van der Waals surface area contributed by atoms with Gasteiger partial charge in [0.25, 0.3) is 0 Å². The number of hydrogen-bond acceptors (Lipinski definition) is 3. The molecule has 27 heavy (non-hydrogen) atoms. The fourth-order valence-electron chi connectivity index (χ4n) is 3.18. The van der Waals surface area contributed by atoms with Crippen LogP contribution in [-0.2, 0) is 11.3 Å². The minimum Gasteiger partial charge on any atom is -0.352 e. The van der Waals surface area contributed by atoms with Gasteiger partial charge in [0.2, 0.25) is 5.91 Å². The van der Waals surface area contributed by atoms with E-state index in [1.165, 1.54) is 0 Å². The van der Waals surface area contributed by atoms with Crippen molar-refractivity contribution in [1.82, 2.24) is 10.2 Å². The van der Waals surface area contributed by atoms with Gasteiger partial charge in [-0.3, -0.25) is 4.79 Å². The number of benzene rings is 2. The molecule has 1 unspecified atom stereocenters. The normalized spacial score (nSPS) is 16.3. The highest BCUT2D eigenvalue weighted by molar-refractivity contribution is 5.90. The van der Waals surface area contributed by atoms with Crippen LogP contribution < -0.4 is 10.6 Å². The van der Waals surface area contributed by atoms with Crippen molar-refractivity contribution >= 4 is 17.6 Å². The second kappa shape index (κ2) is 8.86. The van der Waals surface area contributed by atoms with Gasteiger partial charge in [-0.05, 0) is 42.7 Å². The van der Waals surface area contributed by atoms with Gasteiger partial charge in [0.1, 0.15) is 0 Å². The molecule has 138 valence electrons. The first-order chi connectivity index (χ1) is 13.2. The Morgan fingerprint density at radius 2 is 1.96 bits per heavy atom. The van der Waals surface area contributed by atoms with Crippen LogP contribution in [0.5, 0.6) is 0 Å². The minimum absolute atomic E-state index is 0.0606. The molecule has 2 N–H and O–H groups in total. The molecule has 6 nitrogen and oxygen atoms in total. The van der Waals surface area contributed by atoms with Crippen molar-refractivity contribution in [3.05, 3.63) is 65.7 Å². The SMILES string of the molecule is N#Cc1cccc(CNC(=O)C2CCCN(C(=O)Nc3ccccc3)C2)c1. The van der Waals surface area contributed by atoms with E-state index >= 15 is 0 Å². The molecule has 1 heterocycles. The number of carbonyl (C=O) groups excluding carboxylic acids is 2. The number of nitriles is 1. The number of para-hydroxylation sites is 1. The highest BCUT2D eigenvalue weighted by Crippen LogP contribution is 2.18. The summed E-state index contributed by atoms with van der Waals surface area (Å²) in [6, 6.07) is 18.4. The van der Waals surface area contributed by atoms with Crippen LogP contribution in [0.2, 0.25) is 0 Å². The zero-order chi connectivity index (χ0) is 19.1. The first kappa shape index (κ1) is 18.5. The average molecular weight is 362 g/mol. The molecule has 0 aromatic heterocycles. The van der Waals surface area contributed by atoms with Gasteiger partial charge in [-0.1, -0.05) is 30.3 Å². The molecule has 0 radical (unpaired) electrons. The van der Waals surface area contributed by atoms with Crippen molar-refractivity contribution in [1.29, 1.82) is 5.26 Å². The lowest BCUT2D eigenvalue weighted by atomic mass is 9.97. The fourth-order valence-corrected chi connectivity index (χ4v) is 3.18. The quantitative estimate of drug-likeness (QED) is 0.876. The number of urea groups is 1. The lowest BCUT2D eigenvalue weighted by molar-refractivity contribution is -0.126. The Balaban J connectivity index is 1.53. The molecule has 1 aliphatic rings.